The normalized spacial score (nSPS) is 11.5. The fourth-order valence-corrected chi connectivity index (χ4v) is 2.31. The second kappa shape index (κ2) is 5.98. The van der Waals surface area contributed by atoms with Gasteiger partial charge in [0.25, 0.3) is 0 Å². The summed E-state index contributed by atoms with van der Waals surface area (Å²) in [5, 5.41) is 0.0448. The first kappa shape index (κ1) is 15.7. The SMILES string of the molecule is CC(C)(C)c1ccc(C(=O)Cc2cccc(Cl)c2F)cc1. The summed E-state index contributed by atoms with van der Waals surface area (Å²) < 4.78 is 13.8. The zero-order valence-corrected chi connectivity index (χ0v) is 13.2. The third kappa shape index (κ3) is 3.70. The van der Waals surface area contributed by atoms with Gasteiger partial charge in [0.05, 0.1) is 5.02 Å². The second-order valence-electron chi connectivity index (χ2n) is 6.14. The molecule has 0 aliphatic heterocycles. The van der Waals surface area contributed by atoms with Crippen molar-refractivity contribution < 1.29 is 9.18 Å². The quantitative estimate of drug-likeness (QED) is 0.712. The van der Waals surface area contributed by atoms with E-state index in [1.54, 1.807) is 24.3 Å². The van der Waals surface area contributed by atoms with Crippen molar-refractivity contribution in [3.63, 3.8) is 0 Å². The van der Waals surface area contributed by atoms with Crippen molar-refractivity contribution in [1.29, 1.82) is 0 Å². The standard InChI is InChI=1S/C18H18ClFO/c1-18(2,3)14-9-7-12(8-10-14)16(21)11-13-5-4-6-15(19)17(13)20/h4-10H,11H2,1-3H3. The maximum atomic E-state index is 13.8. The highest BCUT2D eigenvalue weighted by atomic mass is 35.5. The van der Waals surface area contributed by atoms with E-state index >= 15 is 0 Å². The first-order chi connectivity index (χ1) is 9.79. The predicted molar refractivity (Wildman–Crippen MR) is 84.6 cm³/mol. The average molecular weight is 305 g/mol. The van der Waals surface area contributed by atoms with Crippen molar-refractivity contribution in [3.05, 3.63) is 70.0 Å². The van der Waals surface area contributed by atoms with Crippen LogP contribution in [0.15, 0.2) is 42.5 Å². The van der Waals surface area contributed by atoms with Crippen LogP contribution >= 0.6 is 11.6 Å². The molecule has 0 unspecified atom stereocenters. The lowest BCUT2D eigenvalue weighted by Crippen LogP contribution is -2.12. The minimum atomic E-state index is -0.515. The highest BCUT2D eigenvalue weighted by molar-refractivity contribution is 6.30. The molecular weight excluding hydrogens is 287 g/mol. The molecule has 0 fully saturated rings. The first-order valence-electron chi connectivity index (χ1n) is 6.85. The Morgan fingerprint density at radius 2 is 1.71 bits per heavy atom. The molecule has 1 nitrogen and oxygen atoms in total. The van der Waals surface area contributed by atoms with Gasteiger partial charge in [-0.1, -0.05) is 68.8 Å². The van der Waals surface area contributed by atoms with Gasteiger partial charge in [-0.15, -0.1) is 0 Å². The third-order valence-electron chi connectivity index (χ3n) is 3.46. The molecule has 0 aromatic heterocycles. The predicted octanol–water partition coefficient (Wildman–Crippen LogP) is 5.20. The number of carbonyl (C=O) groups excluding carboxylic acids is 1. The van der Waals surface area contributed by atoms with E-state index in [2.05, 4.69) is 20.8 Å². The van der Waals surface area contributed by atoms with Gasteiger partial charge in [0.1, 0.15) is 5.82 Å². The number of rotatable bonds is 3. The van der Waals surface area contributed by atoms with E-state index in [0.29, 0.717) is 11.1 Å². The Morgan fingerprint density at radius 1 is 1.10 bits per heavy atom. The Morgan fingerprint density at radius 3 is 2.29 bits per heavy atom. The highest BCUT2D eigenvalue weighted by Gasteiger charge is 2.15. The molecule has 0 aliphatic carbocycles. The zero-order chi connectivity index (χ0) is 15.6. The van der Waals surface area contributed by atoms with Crippen LogP contribution in [-0.2, 0) is 11.8 Å². The molecule has 110 valence electrons. The molecule has 0 saturated carbocycles. The number of ketones is 1. The number of hydrogen-bond donors (Lipinski definition) is 0. The summed E-state index contributed by atoms with van der Waals surface area (Å²) in [4.78, 5) is 12.2. The van der Waals surface area contributed by atoms with Crippen molar-refractivity contribution in [3.8, 4) is 0 Å². The van der Waals surface area contributed by atoms with Gasteiger partial charge in [0.15, 0.2) is 5.78 Å². The molecule has 0 radical (unpaired) electrons. The summed E-state index contributed by atoms with van der Waals surface area (Å²) in [6.07, 6.45) is 0.0151. The summed E-state index contributed by atoms with van der Waals surface area (Å²) in [5.41, 5.74) is 2.11. The molecular formula is C18H18ClFO. The molecule has 0 spiro atoms. The Balaban J connectivity index is 2.19. The monoisotopic (exact) mass is 304 g/mol. The van der Waals surface area contributed by atoms with Crippen molar-refractivity contribution in [2.45, 2.75) is 32.6 Å². The van der Waals surface area contributed by atoms with Gasteiger partial charge in [-0.05, 0) is 22.6 Å². The molecule has 0 heterocycles. The first-order valence-corrected chi connectivity index (χ1v) is 7.23. The number of benzene rings is 2. The maximum Gasteiger partial charge on any atom is 0.167 e. The van der Waals surface area contributed by atoms with Crippen molar-refractivity contribution in [2.75, 3.05) is 0 Å². The molecule has 2 rings (SSSR count). The molecule has 21 heavy (non-hydrogen) atoms. The van der Waals surface area contributed by atoms with E-state index < -0.39 is 5.82 Å². The summed E-state index contributed by atoms with van der Waals surface area (Å²) in [6, 6.07) is 12.2. The fourth-order valence-electron chi connectivity index (χ4n) is 2.12. The molecule has 3 heteroatoms. The van der Waals surface area contributed by atoms with E-state index in [4.69, 9.17) is 11.6 Å². The second-order valence-corrected chi connectivity index (χ2v) is 6.55. The van der Waals surface area contributed by atoms with Crippen LogP contribution in [-0.4, -0.2) is 5.78 Å². The van der Waals surface area contributed by atoms with Crippen molar-refractivity contribution in [2.24, 2.45) is 0 Å². The lowest BCUT2D eigenvalue weighted by atomic mass is 9.86. The van der Waals surface area contributed by atoms with Crippen molar-refractivity contribution in [1.82, 2.24) is 0 Å². The van der Waals surface area contributed by atoms with Crippen LogP contribution in [0, 0.1) is 5.82 Å². The van der Waals surface area contributed by atoms with Crippen LogP contribution in [0.25, 0.3) is 0 Å². The van der Waals surface area contributed by atoms with E-state index in [9.17, 15) is 9.18 Å². The lowest BCUT2D eigenvalue weighted by Gasteiger charge is -2.19. The van der Waals surface area contributed by atoms with E-state index in [1.165, 1.54) is 6.07 Å². The van der Waals surface area contributed by atoms with Crippen LogP contribution in [0.2, 0.25) is 5.02 Å². The Bertz CT molecular complexity index is 654. The van der Waals surface area contributed by atoms with Crippen LogP contribution in [0.1, 0.15) is 42.3 Å². The molecule has 0 atom stereocenters. The topological polar surface area (TPSA) is 17.1 Å². The van der Waals surface area contributed by atoms with Crippen LogP contribution < -0.4 is 0 Å². The summed E-state index contributed by atoms with van der Waals surface area (Å²) >= 11 is 5.73. The number of hydrogen-bond acceptors (Lipinski definition) is 1. The van der Waals surface area contributed by atoms with Gasteiger partial charge in [0.2, 0.25) is 0 Å². The minimum Gasteiger partial charge on any atom is -0.294 e. The zero-order valence-electron chi connectivity index (χ0n) is 12.4. The Labute approximate surface area is 129 Å². The minimum absolute atomic E-state index is 0.0151. The number of Topliss-reactive ketones (excluding diaryl/α,β-unsaturated/α-hetero) is 1. The van der Waals surface area contributed by atoms with Crippen molar-refractivity contribution >= 4 is 17.4 Å². The Kier molecular flexibility index (Phi) is 4.48. The van der Waals surface area contributed by atoms with Gasteiger partial charge in [-0.3, -0.25) is 4.79 Å². The largest absolute Gasteiger partial charge is 0.294 e. The molecule has 0 saturated heterocycles. The molecule has 2 aromatic carbocycles. The van der Waals surface area contributed by atoms with E-state index in [1.807, 2.05) is 12.1 Å². The summed E-state index contributed by atoms with van der Waals surface area (Å²) in [6.45, 7) is 6.35. The highest BCUT2D eigenvalue weighted by Crippen LogP contribution is 2.23. The molecule has 0 bridgehead atoms. The summed E-state index contributed by atoms with van der Waals surface area (Å²) in [7, 11) is 0. The van der Waals surface area contributed by atoms with Crippen LogP contribution in [0.5, 0.6) is 0 Å². The van der Waals surface area contributed by atoms with Crippen LogP contribution in [0.4, 0.5) is 4.39 Å². The molecule has 2 aromatic rings. The van der Waals surface area contributed by atoms with E-state index in [0.717, 1.165) is 5.56 Å². The van der Waals surface area contributed by atoms with Gasteiger partial charge < -0.3 is 0 Å². The smallest absolute Gasteiger partial charge is 0.167 e. The molecule has 0 aliphatic rings. The lowest BCUT2D eigenvalue weighted by molar-refractivity contribution is 0.0992. The number of carbonyl (C=O) groups is 1. The van der Waals surface area contributed by atoms with Gasteiger partial charge in [-0.25, -0.2) is 4.39 Å². The third-order valence-corrected chi connectivity index (χ3v) is 3.75. The fraction of sp³-hybridized carbons (Fsp3) is 0.278. The van der Waals surface area contributed by atoms with Gasteiger partial charge in [-0.2, -0.15) is 0 Å². The van der Waals surface area contributed by atoms with E-state index in [-0.39, 0.29) is 22.6 Å². The van der Waals surface area contributed by atoms with Gasteiger partial charge >= 0.3 is 0 Å². The Hall–Kier alpha value is -1.67. The van der Waals surface area contributed by atoms with Crippen LogP contribution in [0.3, 0.4) is 0 Å². The average Bonchev–Trinajstić information content (AvgIpc) is 2.43. The summed E-state index contributed by atoms with van der Waals surface area (Å²) in [5.74, 6) is -0.629. The van der Waals surface area contributed by atoms with Gasteiger partial charge in [0, 0.05) is 12.0 Å². The molecule has 0 N–H and O–H groups in total. The molecule has 0 amide bonds. The maximum absolute atomic E-state index is 13.8. The number of halogens is 2.